The van der Waals surface area contributed by atoms with Crippen LogP contribution in [0.15, 0.2) is 42.5 Å². The molecule has 1 fully saturated rings. The fraction of sp³-hybridized carbons (Fsp3) is 0.435. The molecule has 4 heteroatoms. The van der Waals surface area contributed by atoms with Crippen molar-refractivity contribution in [3.63, 3.8) is 0 Å². The monoisotopic (exact) mass is 365 g/mol. The summed E-state index contributed by atoms with van der Waals surface area (Å²) in [7, 11) is 0. The molecule has 3 atom stereocenters. The predicted molar refractivity (Wildman–Crippen MR) is 106 cm³/mol. The van der Waals surface area contributed by atoms with Crippen molar-refractivity contribution in [2.75, 3.05) is 11.9 Å². The maximum absolute atomic E-state index is 11.1. The van der Waals surface area contributed by atoms with Crippen LogP contribution in [0.5, 0.6) is 5.75 Å². The Bertz CT molecular complexity index is 851. The molecule has 4 rings (SSSR count). The Morgan fingerprint density at radius 1 is 1.15 bits per heavy atom. The molecule has 4 nitrogen and oxygen atoms in total. The number of fused-ring (bicyclic) bond motifs is 3. The molecule has 2 aliphatic heterocycles. The highest BCUT2D eigenvalue weighted by Crippen LogP contribution is 2.50. The molecule has 2 heterocycles. The first kappa shape index (κ1) is 18.1. The average molecular weight is 365 g/mol. The van der Waals surface area contributed by atoms with Crippen LogP contribution in [0, 0.1) is 5.92 Å². The van der Waals surface area contributed by atoms with Crippen molar-refractivity contribution in [2.45, 2.75) is 51.7 Å². The number of hydrogen-bond donors (Lipinski definition) is 1. The number of esters is 1. The molecule has 142 valence electrons. The van der Waals surface area contributed by atoms with Crippen LogP contribution < -0.4 is 10.1 Å². The summed E-state index contributed by atoms with van der Waals surface area (Å²) in [6, 6.07) is 14.7. The number of anilines is 1. The number of benzene rings is 2. The van der Waals surface area contributed by atoms with Gasteiger partial charge in [-0.1, -0.05) is 45.0 Å². The van der Waals surface area contributed by atoms with Crippen molar-refractivity contribution in [1.29, 1.82) is 0 Å². The van der Waals surface area contributed by atoms with Gasteiger partial charge in [0.15, 0.2) is 0 Å². The fourth-order valence-electron chi connectivity index (χ4n) is 4.18. The molecule has 0 aromatic heterocycles. The molecule has 2 aromatic carbocycles. The van der Waals surface area contributed by atoms with Crippen molar-refractivity contribution in [2.24, 2.45) is 5.92 Å². The van der Waals surface area contributed by atoms with Gasteiger partial charge in [0.2, 0.25) is 0 Å². The van der Waals surface area contributed by atoms with Gasteiger partial charge >= 0.3 is 5.97 Å². The molecule has 0 radical (unpaired) electrons. The van der Waals surface area contributed by atoms with Gasteiger partial charge < -0.3 is 14.8 Å². The highest BCUT2D eigenvalue weighted by Gasteiger charge is 2.41. The lowest BCUT2D eigenvalue weighted by Gasteiger charge is -2.37. The molecule has 2 aliphatic rings. The summed E-state index contributed by atoms with van der Waals surface area (Å²) in [5.41, 5.74) is 5.07. The number of nitrogens with one attached hydrogen (secondary N) is 1. The lowest BCUT2D eigenvalue weighted by molar-refractivity contribution is -0.131. The van der Waals surface area contributed by atoms with E-state index in [2.05, 4.69) is 44.3 Å². The summed E-state index contributed by atoms with van der Waals surface area (Å²) in [5.74, 6) is 0.676. The first-order valence-corrected chi connectivity index (χ1v) is 9.64. The van der Waals surface area contributed by atoms with Crippen molar-refractivity contribution >= 4 is 11.7 Å². The summed E-state index contributed by atoms with van der Waals surface area (Å²) < 4.78 is 11.3. The molecule has 27 heavy (non-hydrogen) atoms. The van der Waals surface area contributed by atoms with Crippen molar-refractivity contribution < 1.29 is 14.3 Å². The molecule has 0 spiro atoms. The Balaban J connectivity index is 1.66. The first-order chi connectivity index (χ1) is 12.8. The van der Waals surface area contributed by atoms with E-state index in [9.17, 15) is 4.79 Å². The van der Waals surface area contributed by atoms with E-state index in [1.165, 1.54) is 23.6 Å². The van der Waals surface area contributed by atoms with Gasteiger partial charge in [0.05, 0.1) is 12.1 Å². The van der Waals surface area contributed by atoms with Crippen molar-refractivity contribution in [3.8, 4) is 5.75 Å². The van der Waals surface area contributed by atoms with Crippen molar-refractivity contribution in [1.82, 2.24) is 0 Å². The van der Waals surface area contributed by atoms with Crippen LogP contribution in [-0.2, 0) is 14.9 Å². The molecule has 2 aromatic rings. The number of ether oxygens (including phenoxy) is 2. The van der Waals surface area contributed by atoms with E-state index in [1.807, 2.05) is 24.3 Å². The molecule has 0 amide bonds. The fourth-order valence-corrected chi connectivity index (χ4v) is 4.18. The van der Waals surface area contributed by atoms with E-state index in [4.69, 9.17) is 9.47 Å². The van der Waals surface area contributed by atoms with E-state index in [-0.39, 0.29) is 23.5 Å². The number of hydrogen-bond acceptors (Lipinski definition) is 4. The van der Waals surface area contributed by atoms with Crippen LogP contribution in [0.1, 0.15) is 63.0 Å². The Kier molecular flexibility index (Phi) is 4.47. The standard InChI is InChI=1S/C23H27NO3/c1-14(25)27-17-8-5-15(6-9-17)21-18-11-12-26-22(18)19-13-16(23(2,3)4)7-10-20(19)24-21/h5-10,13,18,21-22,24H,11-12H2,1-4H3. The quantitative estimate of drug-likeness (QED) is 0.590. The van der Waals surface area contributed by atoms with Crippen LogP contribution in [-0.4, -0.2) is 12.6 Å². The van der Waals surface area contributed by atoms with Gasteiger partial charge in [-0.15, -0.1) is 0 Å². The molecule has 1 saturated heterocycles. The van der Waals surface area contributed by atoms with E-state index in [0.29, 0.717) is 11.7 Å². The zero-order valence-corrected chi connectivity index (χ0v) is 16.4. The molecule has 0 saturated carbocycles. The lowest BCUT2D eigenvalue weighted by Crippen LogP contribution is -2.29. The topological polar surface area (TPSA) is 47.6 Å². The third kappa shape index (κ3) is 3.46. The van der Waals surface area contributed by atoms with Gasteiger partial charge in [-0.05, 0) is 41.2 Å². The van der Waals surface area contributed by atoms with E-state index in [1.54, 1.807) is 0 Å². The molecular weight excluding hydrogens is 338 g/mol. The average Bonchev–Trinajstić information content (AvgIpc) is 3.10. The molecular formula is C23H27NO3. The zero-order valence-electron chi connectivity index (χ0n) is 16.4. The Labute approximate surface area is 160 Å². The van der Waals surface area contributed by atoms with Crippen LogP contribution >= 0.6 is 0 Å². The largest absolute Gasteiger partial charge is 0.427 e. The maximum Gasteiger partial charge on any atom is 0.308 e. The van der Waals surface area contributed by atoms with Gasteiger partial charge in [0.1, 0.15) is 5.75 Å². The molecule has 0 aliphatic carbocycles. The van der Waals surface area contributed by atoms with E-state index in [0.717, 1.165) is 18.7 Å². The summed E-state index contributed by atoms with van der Waals surface area (Å²) in [6.07, 6.45) is 1.16. The van der Waals surface area contributed by atoms with Gasteiger partial charge in [-0.3, -0.25) is 4.79 Å². The third-order valence-electron chi connectivity index (χ3n) is 5.60. The van der Waals surface area contributed by atoms with Crippen LogP contribution in [0.2, 0.25) is 0 Å². The normalized spacial score (nSPS) is 23.9. The first-order valence-electron chi connectivity index (χ1n) is 9.64. The number of carbonyl (C=O) groups excluding carboxylic acids is 1. The van der Waals surface area contributed by atoms with Crippen molar-refractivity contribution in [3.05, 3.63) is 59.2 Å². The highest BCUT2D eigenvalue weighted by molar-refractivity contribution is 5.69. The van der Waals surface area contributed by atoms with Crippen LogP contribution in [0.3, 0.4) is 0 Å². The summed E-state index contributed by atoms with van der Waals surface area (Å²) in [5, 5.41) is 3.74. The number of rotatable bonds is 2. The predicted octanol–water partition coefficient (Wildman–Crippen LogP) is 5.15. The third-order valence-corrected chi connectivity index (χ3v) is 5.60. The lowest BCUT2D eigenvalue weighted by atomic mass is 9.78. The Morgan fingerprint density at radius 3 is 2.56 bits per heavy atom. The van der Waals surface area contributed by atoms with E-state index >= 15 is 0 Å². The second kappa shape index (κ2) is 6.68. The maximum atomic E-state index is 11.1. The summed E-state index contributed by atoms with van der Waals surface area (Å²) in [6.45, 7) is 8.93. The van der Waals surface area contributed by atoms with Gasteiger partial charge in [-0.2, -0.15) is 0 Å². The second-order valence-electron chi connectivity index (χ2n) is 8.58. The van der Waals surface area contributed by atoms with E-state index < -0.39 is 0 Å². The highest BCUT2D eigenvalue weighted by atomic mass is 16.5. The Hall–Kier alpha value is -2.33. The molecule has 1 N–H and O–H groups in total. The van der Waals surface area contributed by atoms with Crippen LogP contribution in [0.25, 0.3) is 0 Å². The van der Waals surface area contributed by atoms with Gasteiger partial charge in [0, 0.05) is 30.7 Å². The second-order valence-corrected chi connectivity index (χ2v) is 8.58. The summed E-state index contributed by atoms with van der Waals surface area (Å²) in [4.78, 5) is 11.1. The van der Waals surface area contributed by atoms with Gasteiger partial charge in [-0.25, -0.2) is 0 Å². The minimum absolute atomic E-state index is 0.118. The molecule has 3 unspecified atom stereocenters. The zero-order chi connectivity index (χ0) is 19.2. The van der Waals surface area contributed by atoms with Crippen LogP contribution in [0.4, 0.5) is 5.69 Å². The Morgan fingerprint density at radius 2 is 1.89 bits per heavy atom. The minimum atomic E-state index is -0.300. The smallest absolute Gasteiger partial charge is 0.308 e. The van der Waals surface area contributed by atoms with Gasteiger partial charge in [0.25, 0.3) is 0 Å². The minimum Gasteiger partial charge on any atom is -0.427 e. The summed E-state index contributed by atoms with van der Waals surface area (Å²) >= 11 is 0. The molecule has 0 bridgehead atoms. The number of carbonyl (C=O) groups is 1. The SMILES string of the molecule is CC(=O)Oc1ccc(C2Nc3ccc(C(C)(C)C)cc3C3OCCC23)cc1.